The van der Waals surface area contributed by atoms with Crippen LogP contribution in [0.15, 0.2) is 65.3 Å². The number of carbonyl (C=O) groups is 1. The molecule has 0 amide bonds. The molecule has 1 aromatic heterocycles. The first kappa shape index (κ1) is 13.0. The Morgan fingerprint density at radius 2 is 1.80 bits per heavy atom. The Kier molecular flexibility index (Phi) is 3.61. The van der Waals surface area contributed by atoms with Crippen LogP contribution in [0, 0.1) is 0 Å². The summed E-state index contributed by atoms with van der Waals surface area (Å²) in [5.74, 6) is 0.0885. The molecule has 3 rings (SSSR count). The van der Waals surface area contributed by atoms with Crippen LogP contribution in [0.3, 0.4) is 0 Å². The Hall–Kier alpha value is -2.00. The highest BCUT2D eigenvalue weighted by Crippen LogP contribution is 2.16. The lowest BCUT2D eigenvalue weighted by molar-refractivity contribution is 0.0993. The zero-order valence-electron chi connectivity index (χ0n) is 10.7. The molecule has 0 spiro atoms. The summed E-state index contributed by atoms with van der Waals surface area (Å²) in [4.78, 5) is 16.6. The summed E-state index contributed by atoms with van der Waals surface area (Å²) in [6, 6.07) is 17.5. The number of pyridine rings is 1. The molecule has 2 nitrogen and oxygen atoms in total. The number of hydrogen-bond donors (Lipinski definition) is 0. The summed E-state index contributed by atoms with van der Waals surface area (Å²) in [5, 5.41) is 0.995. The molecular weight excluding hydrogens is 314 g/mol. The number of rotatable bonds is 3. The van der Waals surface area contributed by atoms with E-state index in [0.717, 1.165) is 20.9 Å². The van der Waals surface area contributed by atoms with Gasteiger partial charge in [-0.2, -0.15) is 0 Å². The monoisotopic (exact) mass is 325 g/mol. The van der Waals surface area contributed by atoms with Crippen LogP contribution in [-0.2, 0) is 6.42 Å². The topological polar surface area (TPSA) is 30.0 Å². The van der Waals surface area contributed by atoms with E-state index < -0.39 is 0 Å². The number of fused-ring (bicyclic) bond motifs is 1. The van der Waals surface area contributed by atoms with Crippen molar-refractivity contribution in [2.75, 3.05) is 0 Å². The second-order valence-electron chi connectivity index (χ2n) is 4.64. The lowest BCUT2D eigenvalue weighted by Gasteiger charge is -2.03. The standard InChI is InChI=1S/C17H12BrNO/c18-15-7-5-12(6-8-15)9-17(20)14-10-13-3-1-2-4-16(13)19-11-14/h1-8,10-11H,9H2. The molecule has 0 aliphatic carbocycles. The molecule has 0 saturated carbocycles. The molecule has 0 unspecified atom stereocenters. The second kappa shape index (κ2) is 5.55. The highest BCUT2D eigenvalue weighted by Gasteiger charge is 2.08. The van der Waals surface area contributed by atoms with Crippen molar-refractivity contribution in [1.29, 1.82) is 0 Å². The van der Waals surface area contributed by atoms with Gasteiger partial charge in [0.25, 0.3) is 0 Å². The molecule has 0 aliphatic rings. The number of ketones is 1. The highest BCUT2D eigenvalue weighted by molar-refractivity contribution is 9.10. The molecule has 0 radical (unpaired) electrons. The molecule has 0 fully saturated rings. The summed E-state index contributed by atoms with van der Waals surface area (Å²) >= 11 is 3.39. The third-order valence-electron chi connectivity index (χ3n) is 3.19. The number of benzene rings is 2. The van der Waals surface area contributed by atoms with Gasteiger partial charge in [-0.15, -0.1) is 0 Å². The second-order valence-corrected chi connectivity index (χ2v) is 5.56. The SMILES string of the molecule is O=C(Cc1ccc(Br)cc1)c1cnc2ccccc2c1. The Bertz CT molecular complexity index is 765. The number of carbonyl (C=O) groups excluding carboxylic acids is 1. The van der Waals surface area contributed by atoms with Crippen LogP contribution in [0.2, 0.25) is 0 Å². The number of para-hydroxylation sites is 1. The molecule has 1 heterocycles. The van der Waals surface area contributed by atoms with Crippen molar-refractivity contribution in [1.82, 2.24) is 4.98 Å². The van der Waals surface area contributed by atoms with Crippen LogP contribution in [0.5, 0.6) is 0 Å². The van der Waals surface area contributed by atoms with E-state index in [2.05, 4.69) is 20.9 Å². The minimum absolute atomic E-state index is 0.0885. The van der Waals surface area contributed by atoms with Gasteiger partial charge in [0.1, 0.15) is 0 Å². The van der Waals surface area contributed by atoms with Crippen molar-refractivity contribution in [3.8, 4) is 0 Å². The van der Waals surface area contributed by atoms with E-state index in [1.807, 2.05) is 54.6 Å². The van der Waals surface area contributed by atoms with Crippen LogP contribution in [-0.4, -0.2) is 10.8 Å². The van der Waals surface area contributed by atoms with Gasteiger partial charge in [0.2, 0.25) is 0 Å². The quantitative estimate of drug-likeness (QED) is 0.667. The highest BCUT2D eigenvalue weighted by atomic mass is 79.9. The minimum atomic E-state index is 0.0885. The van der Waals surface area contributed by atoms with Gasteiger partial charge in [-0.05, 0) is 29.8 Å². The number of nitrogens with zero attached hydrogens (tertiary/aromatic N) is 1. The van der Waals surface area contributed by atoms with E-state index in [1.54, 1.807) is 6.20 Å². The molecule has 2 aromatic carbocycles. The first-order valence-corrected chi connectivity index (χ1v) is 7.14. The van der Waals surface area contributed by atoms with Crippen LogP contribution < -0.4 is 0 Å². The number of Topliss-reactive ketones (excluding diaryl/α,β-unsaturated/α-hetero) is 1. The van der Waals surface area contributed by atoms with E-state index in [9.17, 15) is 4.79 Å². The maximum Gasteiger partial charge on any atom is 0.168 e. The third kappa shape index (κ3) is 2.78. The predicted octanol–water partition coefficient (Wildman–Crippen LogP) is 4.42. The van der Waals surface area contributed by atoms with E-state index in [-0.39, 0.29) is 5.78 Å². The first-order valence-electron chi connectivity index (χ1n) is 6.35. The molecule has 0 aliphatic heterocycles. The number of halogens is 1. The van der Waals surface area contributed by atoms with E-state index >= 15 is 0 Å². The van der Waals surface area contributed by atoms with Crippen molar-refractivity contribution >= 4 is 32.6 Å². The molecule has 0 atom stereocenters. The maximum absolute atomic E-state index is 12.3. The van der Waals surface area contributed by atoms with Gasteiger partial charge in [0.05, 0.1) is 5.52 Å². The molecular formula is C17H12BrNO. The normalized spacial score (nSPS) is 10.7. The van der Waals surface area contributed by atoms with Crippen molar-refractivity contribution in [2.24, 2.45) is 0 Å². The summed E-state index contributed by atoms with van der Waals surface area (Å²) in [7, 11) is 0. The Balaban J connectivity index is 1.86. The van der Waals surface area contributed by atoms with E-state index in [0.29, 0.717) is 12.0 Å². The van der Waals surface area contributed by atoms with Crippen molar-refractivity contribution in [3.05, 3.63) is 76.4 Å². The fourth-order valence-corrected chi connectivity index (χ4v) is 2.38. The van der Waals surface area contributed by atoms with Crippen molar-refractivity contribution in [3.63, 3.8) is 0 Å². The molecule has 0 saturated heterocycles. The lowest BCUT2D eigenvalue weighted by atomic mass is 10.0. The van der Waals surface area contributed by atoms with E-state index in [4.69, 9.17) is 0 Å². The molecule has 3 aromatic rings. The number of aromatic nitrogens is 1. The average molecular weight is 326 g/mol. The summed E-state index contributed by atoms with van der Waals surface area (Å²) in [5.41, 5.74) is 2.57. The zero-order chi connectivity index (χ0) is 13.9. The summed E-state index contributed by atoms with van der Waals surface area (Å²) < 4.78 is 1.01. The first-order chi connectivity index (χ1) is 9.72. The largest absolute Gasteiger partial charge is 0.294 e. The fraction of sp³-hybridized carbons (Fsp3) is 0.0588. The Labute approximate surface area is 125 Å². The average Bonchev–Trinajstić information content (AvgIpc) is 2.49. The van der Waals surface area contributed by atoms with Gasteiger partial charge >= 0.3 is 0 Å². The van der Waals surface area contributed by atoms with E-state index in [1.165, 1.54) is 0 Å². The molecule has 98 valence electrons. The van der Waals surface area contributed by atoms with Crippen LogP contribution in [0.25, 0.3) is 10.9 Å². The lowest BCUT2D eigenvalue weighted by Crippen LogP contribution is -2.04. The van der Waals surface area contributed by atoms with Crippen molar-refractivity contribution in [2.45, 2.75) is 6.42 Å². The fourth-order valence-electron chi connectivity index (χ4n) is 2.11. The molecule has 0 N–H and O–H groups in total. The van der Waals surface area contributed by atoms with Gasteiger partial charge in [-0.1, -0.05) is 46.3 Å². The summed E-state index contributed by atoms with van der Waals surface area (Å²) in [6.07, 6.45) is 2.05. The van der Waals surface area contributed by atoms with Crippen LogP contribution >= 0.6 is 15.9 Å². The Morgan fingerprint density at radius 1 is 1.05 bits per heavy atom. The predicted molar refractivity (Wildman–Crippen MR) is 83.9 cm³/mol. The number of hydrogen-bond acceptors (Lipinski definition) is 2. The zero-order valence-corrected chi connectivity index (χ0v) is 12.3. The molecule has 20 heavy (non-hydrogen) atoms. The van der Waals surface area contributed by atoms with Gasteiger partial charge in [-0.25, -0.2) is 0 Å². The molecule has 0 bridgehead atoms. The van der Waals surface area contributed by atoms with Gasteiger partial charge in [-0.3, -0.25) is 9.78 Å². The van der Waals surface area contributed by atoms with Gasteiger partial charge in [0, 0.05) is 28.0 Å². The van der Waals surface area contributed by atoms with Gasteiger partial charge < -0.3 is 0 Å². The summed E-state index contributed by atoms with van der Waals surface area (Å²) in [6.45, 7) is 0. The molecule has 3 heteroatoms. The smallest absolute Gasteiger partial charge is 0.168 e. The van der Waals surface area contributed by atoms with Crippen LogP contribution in [0.1, 0.15) is 15.9 Å². The maximum atomic E-state index is 12.3. The Morgan fingerprint density at radius 3 is 2.60 bits per heavy atom. The third-order valence-corrected chi connectivity index (χ3v) is 3.72. The van der Waals surface area contributed by atoms with Gasteiger partial charge in [0.15, 0.2) is 5.78 Å². The van der Waals surface area contributed by atoms with Crippen LogP contribution in [0.4, 0.5) is 0 Å². The minimum Gasteiger partial charge on any atom is -0.294 e. The van der Waals surface area contributed by atoms with Crippen molar-refractivity contribution < 1.29 is 4.79 Å².